The van der Waals surface area contributed by atoms with Crippen molar-refractivity contribution in [1.82, 2.24) is 15.1 Å². The first-order valence-electron chi connectivity index (χ1n) is 6.48. The Morgan fingerprint density at radius 2 is 2.33 bits per heavy atom. The van der Waals surface area contributed by atoms with Gasteiger partial charge in [-0.25, -0.2) is 8.42 Å². The Bertz CT molecular complexity index is 495. The quantitative estimate of drug-likeness (QED) is 0.888. The minimum Gasteiger partial charge on any atom is -0.309 e. The van der Waals surface area contributed by atoms with E-state index in [-0.39, 0.29) is 11.3 Å². The summed E-state index contributed by atoms with van der Waals surface area (Å²) in [6.45, 7) is 2.75. The Hall–Kier alpha value is -0.880. The molecule has 1 saturated heterocycles. The molecule has 0 amide bonds. The van der Waals surface area contributed by atoms with Crippen molar-refractivity contribution in [2.45, 2.75) is 37.5 Å². The lowest BCUT2D eigenvalue weighted by Gasteiger charge is -2.30. The van der Waals surface area contributed by atoms with E-state index in [1.54, 1.807) is 10.9 Å². The Kier molecular flexibility index (Phi) is 4.07. The van der Waals surface area contributed by atoms with Crippen LogP contribution in [-0.2, 0) is 16.9 Å². The first-order valence-corrected chi connectivity index (χ1v) is 8.19. The van der Waals surface area contributed by atoms with E-state index in [9.17, 15) is 8.42 Å². The van der Waals surface area contributed by atoms with Crippen LogP contribution >= 0.6 is 0 Å². The zero-order valence-corrected chi connectivity index (χ0v) is 11.8. The lowest BCUT2D eigenvalue weighted by Crippen LogP contribution is -2.40. The topological polar surface area (TPSA) is 64.0 Å². The second-order valence-corrected chi connectivity index (χ2v) is 7.22. The van der Waals surface area contributed by atoms with E-state index in [1.807, 2.05) is 20.2 Å². The highest BCUT2D eigenvalue weighted by Crippen LogP contribution is 2.30. The van der Waals surface area contributed by atoms with E-state index in [0.29, 0.717) is 5.75 Å². The van der Waals surface area contributed by atoms with Crippen molar-refractivity contribution in [2.24, 2.45) is 7.05 Å². The molecule has 102 valence electrons. The summed E-state index contributed by atoms with van der Waals surface area (Å²) in [6, 6.07) is -0.131. The van der Waals surface area contributed by atoms with Crippen molar-refractivity contribution in [1.29, 1.82) is 0 Å². The third-order valence-corrected chi connectivity index (χ3v) is 5.80. The van der Waals surface area contributed by atoms with Crippen LogP contribution in [0, 0.1) is 0 Å². The third-order valence-electron chi connectivity index (χ3n) is 3.51. The number of rotatable bonds is 4. The molecule has 6 heteroatoms. The molecule has 2 heterocycles. The first-order chi connectivity index (χ1) is 8.54. The van der Waals surface area contributed by atoms with Gasteiger partial charge in [-0.05, 0) is 19.4 Å². The average Bonchev–Trinajstić information content (AvgIpc) is 2.73. The maximum Gasteiger partial charge on any atom is 0.155 e. The number of nitrogens with zero attached hydrogens (tertiary/aromatic N) is 2. The highest BCUT2D eigenvalue weighted by atomic mass is 32.2. The van der Waals surface area contributed by atoms with E-state index in [0.717, 1.165) is 31.4 Å². The number of nitrogens with one attached hydrogen (secondary N) is 1. The molecule has 5 nitrogen and oxygen atoms in total. The monoisotopic (exact) mass is 271 g/mol. The summed E-state index contributed by atoms with van der Waals surface area (Å²) in [4.78, 5) is 0. The van der Waals surface area contributed by atoms with Crippen molar-refractivity contribution < 1.29 is 8.42 Å². The standard InChI is InChI=1S/C12H21N3O2S/c1-3-13-12(10-8-14-15(2)9-10)11-6-4-5-7-18(11,16)17/h8-9,11-13H,3-7H2,1-2H3. The molecule has 0 aromatic carbocycles. The molecule has 2 unspecified atom stereocenters. The van der Waals surface area contributed by atoms with Gasteiger partial charge in [0.1, 0.15) is 0 Å². The van der Waals surface area contributed by atoms with Crippen molar-refractivity contribution in [3.63, 3.8) is 0 Å². The molecule has 1 fully saturated rings. The molecule has 2 atom stereocenters. The number of sulfone groups is 1. The van der Waals surface area contributed by atoms with E-state index in [4.69, 9.17) is 0 Å². The molecule has 1 N–H and O–H groups in total. The lowest BCUT2D eigenvalue weighted by atomic mass is 10.0. The predicted octanol–water partition coefficient (Wildman–Crippen LogP) is 1.04. The van der Waals surface area contributed by atoms with E-state index in [1.165, 1.54) is 0 Å². The molecule has 0 aliphatic carbocycles. The smallest absolute Gasteiger partial charge is 0.155 e. The van der Waals surface area contributed by atoms with Gasteiger partial charge in [0.25, 0.3) is 0 Å². The Morgan fingerprint density at radius 3 is 2.89 bits per heavy atom. The molecule has 1 aliphatic rings. The Labute approximate surface area is 108 Å². The van der Waals surface area contributed by atoms with E-state index < -0.39 is 9.84 Å². The van der Waals surface area contributed by atoms with Gasteiger partial charge in [0.15, 0.2) is 9.84 Å². The van der Waals surface area contributed by atoms with Crippen LogP contribution in [0.15, 0.2) is 12.4 Å². The van der Waals surface area contributed by atoms with Crippen LogP contribution in [-0.4, -0.2) is 35.7 Å². The van der Waals surface area contributed by atoms with Crippen LogP contribution in [0.1, 0.15) is 37.8 Å². The first kappa shape index (κ1) is 13.5. The normalized spacial score (nSPS) is 24.9. The molecule has 0 spiro atoms. The zero-order valence-electron chi connectivity index (χ0n) is 11.0. The predicted molar refractivity (Wildman–Crippen MR) is 71.1 cm³/mol. The van der Waals surface area contributed by atoms with Gasteiger partial charge in [-0.2, -0.15) is 5.10 Å². The third kappa shape index (κ3) is 2.75. The van der Waals surface area contributed by atoms with Crippen LogP contribution < -0.4 is 5.32 Å². The second-order valence-electron chi connectivity index (χ2n) is 4.88. The molecule has 18 heavy (non-hydrogen) atoms. The van der Waals surface area contributed by atoms with Gasteiger partial charge in [0.05, 0.1) is 23.2 Å². The van der Waals surface area contributed by atoms with Gasteiger partial charge >= 0.3 is 0 Å². The Morgan fingerprint density at radius 1 is 1.56 bits per heavy atom. The van der Waals surface area contributed by atoms with Crippen molar-refractivity contribution in [3.05, 3.63) is 18.0 Å². The highest BCUT2D eigenvalue weighted by Gasteiger charge is 2.36. The maximum absolute atomic E-state index is 12.2. The number of hydrogen-bond acceptors (Lipinski definition) is 4. The number of aromatic nitrogens is 2. The van der Waals surface area contributed by atoms with Crippen LogP contribution in [0.5, 0.6) is 0 Å². The molecule has 1 aliphatic heterocycles. The summed E-state index contributed by atoms with van der Waals surface area (Å²) in [7, 11) is -1.13. The molecule has 2 rings (SSSR count). The molecule has 0 saturated carbocycles. The fourth-order valence-corrected chi connectivity index (χ4v) is 4.74. The fourth-order valence-electron chi connectivity index (χ4n) is 2.64. The number of aryl methyl sites for hydroxylation is 1. The van der Waals surface area contributed by atoms with Gasteiger partial charge in [-0.15, -0.1) is 0 Å². The van der Waals surface area contributed by atoms with Gasteiger partial charge in [0.2, 0.25) is 0 Å². The highest BCUT2D eigenvalue weighted by molar-refractivity contribution is 7.92. The second kappa shape index (κ2) is 5.40. The summed E-state index contributed by atoms with van der Waals surface area (Å²) in [6.07, 6.45) is 6.20. The van der Waals surface area contributed by atoms with Crippen molar-refractivity contribution >= 4 is 9.84 Å². The van der Waals surface area contributed by atoms with Crippen molar-refractivity contribution in [3.8, 4) is 0 Å². The maximum atomic E-state index is 12.2. The van der Waals surface area contributed by atoms with Gasteiger partial charge < -0.3 is 5.32 Å². The van der Waals surface area contributed by atoms with Crippen LogP contribution in [0.25, 0.3) is 0 Å². The molecular formula is C12H21N3O2S. The summed E-state index contributed by atoms with van der Waals surface area (Å²) in [5.41, 5.74) is 0.967. The van der Waals surface area contributed by atoms with Crippen LogP contribution in [0.2, 0.25) is 0 Å². The largest absolute Gasteiger partial charge is 0.309 e. The van der Waals surface area contributed by atoms with Gasteiger partial charge in [-0.3, -0.25) is 4.68 Å². The van der Waals surface area contributed by atoms with Crippen LogP contribution in [0.3, 0.4) is 0 Å². The number of hydrogen-bond donors (Lipinski definition) is 1. The zero-order chi connectivity index (χ0) is 13.2. The Balaban J connectivity index is 2.29. The molecule has 1 aromatic heterocycles. The minimum atomic E-state index is -2.98. The fraction of sp³-hybridized carbons (Fsp3) is 0.750. The molecule has 0 bridgehead atoms. The SMILES string of the molecule is CCNC(c1cnn(C)c1)C1CCCCS1(=O)=O. The lowest BCUT2D eigenvalue weighted by molar-refractivity contribution is 0.454. The van der Waals surface area contributed by atoms with Crippen LogP contribution in [0.4, 0.5) is 0 Å². The summed E-state index contributed by atoms with van der Waals surface area (Å²) in [5.74, 6) is 0.319. The summed E-state index contributed by atoms with van der Waals surface area (Å²) >= 11 is 0. The minimum absolute atomic E-state index is 0.131. The van der Waals surface area contributed by atoms with Gasteiger partial charge in [0, 0.05) is 18.8 Å². The molecule has 1 aromatic rings. The molecule has 0 radical (unpaired) electrons. The summed E-state index contributed by atoms with van der Waals surface area (Å²) < 4.78 is 26.1. The average molecular weight is 271 g/mol. The molecular weight excluding hydrogens is 250 g/mol. The van der Waals surface area contributed by atoms with E-state index >= 15 is 0 Å². The van der Waals surface area contributed by atoms with Crippen molar-refractivity contribution in [2.75, 3.05) is 12.3 Å². The summed E-state index contributed by atoms with van der Waals surface area (Å²) in [5, 5.41) is 7.14. The van der Waals surface area contributed by atoms with Gasteiger partial charge in [-0.1, -0.05) is 13.3 Å². The van der Waals surface area contributed by atoms with E-state index in [2.05, 4.69) is 10.4 Å².